The van der Waals surface area contributed by atoms with E-state index in [0.29, 0.717) is 13.1 Å². The second kappa shape index (κ2) is 7.50. The number of hydrogen-bond donors (Lipinski definition) is 1. The van der Waals surface area contributed by atoms with E-state index in [0.717, 1.165) is 43.0 Å². The molecule has 1 amide bonds. The molecule has 0 saturated carbocycles. The monoisotopic (exact) mass is 344 g/mol. The van der Waals surface area contributed by atoms with Gasteiger partial charge in [-0.3, -0.25) is 14.3 Å². The van der Waals surface area contributed by atoms with E-state index in [-0.39, 0.29) is 18.0 Å². The molecule has 25 heavy (non-hydrogen) atoms. The minimum atomic E-state index is -0.252. The lowest BCUT2D eigenvalue weighted by molar-refractivity contribution is -0.121. The standard InChI is InChI=1S/C17H24N6O2/c1-13-9-14(2)22(20-13)8-5-18-16(24)12-23-17(25)10-15(11-19-23)21-6-3-4-7-21/h9-11H,3-8,12H2,1-2H3,(H,18,24). The van der Waals surface area contributed by atoms with Crippen LogP contribution < -0.4 is 15.8 Å². The fraction of sp³-hybridized carbons (Fsp3) is 0.529. The Hall–Kier alpha value is -2.64. The molecular weight excluding hydrogens is 320 g/mol. The third kappa shape index (κ3) is 4.26. The maximum absolute atomic E-state index is 12.2. The van der Waals surface area contributed by atoms with E-state index in [9.17, 15) is 9.59 Å². The van der Waals surface area contributed by atoms with Crippen molar-refractivity contribution in [3.8, 4) is 0 Å². The maximum atomic E-state index is 12.2. The number of hydrogen-bond acceptors (Lipinski definition) is 5. The van der Waals surface area contributed by atoms with Crippen molar-refractivity contribution in [2.45, 2.75) is 39.8 Å². The van der Waals surface area contributed by atoms with E-state index in [2.05, 4.69) is 20.4 Å². The summed E-state index contributed by atoms with van der Waals surface area (Å²) >= 11 is 0. The summed E-state index contributed by atoms with van der Waals surface area (Å²) in [5.74, 6) is -0.231. The van der Waals surface area contributed by atoms with Crippen LogP contribution in [0.2, 0.25) is 0 Å². The van der Waals surface area contributed by atoms with Gasteiger partial charge in [0.2, 0.25) is 5.91 Å². The van der Waals surface area contributed by atoms with Gasteiger partial charge in [0.15, 0.2) is 0 Å². The Morgan fingerprint density at radius 2 is 1.96 bits per heavy atom. The van der Waals surface area contributed by atoms with Gasteiger partial charge in [-0.2, -0.15) is 10.2 Å². The molecule has 0 atom stereocenters. The molecule has 1 aliphatic rings. The van der Waals surface area contributed by atoms with Crippen LogP contribution in [0.3, 0.4) is 0 Å². The summed E-state index contributed by atoms with van der Waals surface area (Å²) in [4.78, 5) is 26.3. The van der Waals surface area contributed by atoms with Gasteiger partial charge in [-0.1, -0.05) is 0 Å². The highest BCUT2D eigenvalue weighted by Gasteiger charge is 2.14. The van der Waals surface area contributed by atoms with E-state index < -0.39 is 0 Å². The Labute approximate surface area is 146 Å². The molecule has 0 spiro atoms. The summed E-state index contributed by atoms with van der Waals surface area (Å²) in [7, 11) is 0. The lowest BCUT2D eigenvalue weighted by Crippen LogP contribution is -2.35. The van der Waals surface area contributed by atoms with Crippen LogP contribution in [0.4, 0.5) is 5.69 Å². The Morgan fingerprint density at radius 3 is 2.60 bits per heavy atom. The molecule has 1 saturated heterocycles. The zero-order chi connectivity index (χ0) is 17.8. The van der Waals surface area contributed by atoms with Crippen molar-refractivity contribution in [2.24, 2.45) is 0 Å². The maximum Gasteiger partial charge on any atom is 0.269 e. The Morgan fingerprint density at radius 1 is 1.20 bits per heavy atom. The average molecular weight is 344 g/mol. The van der Waals surface area contributed by atoms with Gasteiger partial charge in [0, 0.05) is 31.4 Å². The first-order chi connectivity index (χ1) is 12.0. The van der Waals surface area contributed by atoms with Crippen molar-refractivity contribution in [1.82, 2.24) is 24.9 Å². The molecule has 0 radical (unpaired) electrons. The number of nitrogens with zero attached hydrogens (tertiary/aromatic N) is 5. The Bertz CT molecular complexity index is 804. The minimum Gasteiger partial charge on any atom is -0.370 e. The molecule has 1 N–H and O–H groups in total. The molecule has 1 aliphatic heterocycles. The number of aryl methyl sites for hydroxylation is 2. The van der Waals surface area contributed by atoms with Crippen molar-refractivity contribution < 1.29 is 4.79 Å². The average Bonchev–Trinajstić information content (AvgIpc) is 3.19. The van der Waals surface area contributed by atoms with Gasteiger partial charge in [-0.25, -0.2) is 4.68 Å². The number of carbonyl (C=O) groups is 1. The van der Waals surface area contributed by atoms with Crippen LogP contribution in [0.15, 0.2) is 23.1 Å². The van der Waals surface area contributed by atoms with Crippen LogP contribution in [0.25, 0.3) is 0 Å². The second-order valence-electron chi connectivity index (χ2n) is 6.40. The second-order valence-corrected chi connectivity index (χ2v) is 6.40. The molecule has 8 heteroatoms. The number of rotatable bonds is 6. The molecule has 3 rings (SSSR count). The first-order valence-electron chi connectivity index (χ1n) is 8.63. The molecule has 3 heterocycles. The van der Waals surface area contributed by atoms with Gasteiger partial charge >= 0.3 is 0 Å². The lowest BCUT2D eigenvalue weighted by Gasteiger charge is -2.17. The first kappa shape index (κ1) is 17.2. The smallest absolute Gasteiger partial charge is 0.269 e. The topological polar surface area (TPSA) is 85.0 Å². The van der Waals surface area contributed by atoms with Gasteiger partial charge in [-0.05, 0) is 32.8 Å². The van der Waals surface area contributed by atoms with Gasteiger partial charge in [0.1, 0.15) is 6.54 Å². The van der Waals surface area contributed by atoms with Crippen LogP contribution in [-0.2, 0) is 17.9 Å². The predicted molar refractivity (Wildman–Crippen MR) is 94.7 cm³/mol. The molecular formula is C17H24N6O2. The fourth-order valence-electron chi connectivity index (χ4n) is 3.09. The van der Waals surface area contributed by atoms with Crippen molar-refractivity contribution in [3.05, 3.63) is 40.1 Å². The molecule has 134 valence electrons. The normalized spacial score (nSPS) is 14.1. The fourth-order valence-corrected chi connectivity index (χ4v) is 3.09. The highest BCUT2D eigenvalue weighted by molar-refractivity contribution is 5.75. The highest BCUT2D eigenvalue weighted by atomic mass is 16.2. The van der Waals surface area contributed by atoms with E-state index in [1.54, 1.807) is 12.3 Å². The molecule has 8 nitrogen and oxygen atoms in total. The largest absolute Gasteiger partial charge is 0.370 e. The first-order valence-corrected chi connectivity index (χ1v) is 8.63. The summed E-state index contributed by atoms with van der Waals surface area (Å²) in [5, 5.41) is 11.3. The van der Waals surface area contributed by atoms with Gasteiger partial charge in [0.25, 0.3) is 5.56 Å². The molecule has 0 bridgehead atoms. The van der Waals surface area contributed by atoms with Crippen molar-refractivity contribution in [2.75, 3.05) is 24.5 Å². The van der Waals surface area contributed by atoms with Crippen LogP contribution in [-0.4, -0.2) is 45.1 Å². The molecule has 0 unspecified atom stereocenters. The zero-order valence-corrected chi connectivity index (χ0v) is 14.7. The molecule has 2 aromatic rings. The summed E-state index contributed by atoms with van der Waals surface area (Å²) < 4.78 is 3.04. The van der Waals surface area contributed by atoms with Crippen LogP contribution in [0, 0.1) is 13.8 Å². The number of anilines is 1. The van der Waals surface area contributed by atoms with E-state index in [1.165, 1.54) is 4.68 Å². The zero-order valence-electron chi connectivity index (χ0n) is 14.7. The molecule has 1 fully saturated rings. The number of amides is 1. The lowest BCUT2D eigenvalue weighted by atomic mass is 10.4. The summed E-state index contributed by atoms with van der Waals surface area (Å²) in [6, 6.07) is 3.55. The van der Waals surface area contributed by atoms with Crippen LogP contribution in [0.5, 0.6) is 0 Å². The highest BCUT2D eigenvalue weighted by Crippen LogP contribution is 2.16. The SMILES string of the molecule is Cc1cc(C)n(CCNC(=O)Cn2ncc(N3CCCC3)cc2=O)n1. The minimum absolute atomic E-state index is 0.0732. The quantitative estimate of drug-likeness (QED) is 0.823. The van der Waals surface area contributed by atoms with Crippen molar-refractivity contribution in [3.63, 3.8) is 0 Å². The van der Waals surface area contributed by atoms with E-state index >= 15 is 0 Å². The molecule has 0 aromatic carbocycles. The number of aromatic nitrogens is 4. The van der Waals surface area contributed by atoms with Crippen LogP contribution >= 0.6 is 0 Å². The summed E-state index contributed by atoms with van der Waals surface area (Å²) in [6.07, 6.45) is 3.94. The number of carbonyl (C=O) groups excluding carboxylic acids is 1. The van der Waals surface area contributed by atoms with Gasteiger partial charge in [0.05, 0.1) is 24.1 Å². The number of nitrogens with one attached hydrogen (secondary N) is 1. The van der Waals surface area contributed by atoms with Crippen molar-refractivity contribution >= 4 is 11.6 Å². The van der Waals surface area contributed by atoms with E-state index in [4.69, 9.17) is 0 Å². The molecule has 2 aromatic heterocycles. The third-order valence-corrected chi connectivity index (χ3v) is 4.37. The Balaban J connectivity index is 1.52. The third-order valence-electron chi connectivity index (χ3n) is 4.37. The van der Waals surface area contributed by atoms with Gasteiger partial charge < -0.3 is 10.2 Å². The predicted octanol–water partition coefficient (Wildman–Crippen LogP) is 0.473. The summed E-state index contributed by atoms with van der Waals surface area (Å²) in [6.45, 7) is 6.81. The van der Waals surface area contributed by atoms with Crippen LogP contribution in [0.1, 0.15) is 24.2 Å². The van der Waals surface area contributed by atoms with Gasteiger partial charge in [-0.15, -0.1) is 0 Å². The summed E-state index contributed by atoms with van der Waals surface area (Å²) in [5.41, 5.74) is 2.60. The van der Waals surface area contributed by atoms with E-state index in [1.807, 2.05) is 24.6 Å². The Kier molecular flexibility index (Phi) is 5.16. The van der Waals surface area contributed by atoms with Crippen molar-refractivity contribution in [1.29, 1.82) is 0 Å². The molecule has 0 aliphatic carbocycles.